The Morgan fingerprint density at radius 1 is 1.19 bits per heavy atom. The van der Waals surface area contributed by atoms with Crippen LogP contribution in [0.4, 0.5) is 5.69 Å². The van der Waals surface area contributed by atoms with E-state index in [1.807, 2.05) is 6.07 Å². The van der Waals surface area contributed by atoms with Crippen molar-refractivity contribution in [3.63, 3.8) is 0 Å². The van der Waals surface area contributed by atoms with Gasteiger partial charge in [-0.05, 0) is 40.1 Å². The van der Waals surface area contributed by atoms with Crippen LogP contribution in [0.15, 0.2) is 17.3 Å². The standard InChI is InChI=1S/C17H26ClN5S.3ClH/c1-17(2,22(3)4)11-24-16-20-13-9-12(18)15(10-14(13)21-16)23-7-5-19-6-8-23;;;/h9-10,19H,5-8,11H2,1-4H3,(H,20,21);3*1H. The van der Waals surface area contributed by atoms with Gasteiger partial charge in [-0.3, -0.25) is 0 Å². The fourth-order valence-corrected chi connectivity index (χ4v) is 3.96. The Morgan fingerprint density at radius 2 is 1.81 bits per heavy atom. The number of anilines is 1. The van der Waals surface area contributed by atoms with E-state index in [0.717, 1.165) is 58.8 Å². The first-order valence-electron chi connectivity index (χ1n) is 8.32. The number of aromatic amines is 1. The van der Waals surface area contributed by atoms with Gasteiger partial charge in [-0.2, -0.15) is 0 Å². The molecule has 0 spiro atoms. The number of imidazole rings is 1. The van der Waals surface area contributed by atoms with Gasteiger partial charge in [0.1, 0.15) is 0 Å². The molecule has 1 fully saturated rings. The number of halogens is 4. The highest BCUT2D eigenvalue weighted by molar-refractivity contribution is 7.99. The van der Waals surface area contributed by atoms with E-state index in [4.69, 9.17) is 16.6 Å². The van der Waals surface area contributed by atoms with E-state index < -0.39 is 0 Å². The summed E-state index contributed by atoms with van der Waals surface area (Å²) in [6.07, 6.45) is 0. The number of nitrogens with one attached hydrogen (secondary N) is 2. The number of nitrogens with zero attached hydrogens (tertiary/aromatic N) is 3. The average Bonchev–Trinajstić information content (AvgIpc) is 2.94. The maximum absolute atomic E-state index is 6.51. The minimum Gasteiger partial charge on any atom is -0.368 e. The third-order valence-corrected chi connectivity index (χ3v) is 6.38. The second kappa shape index (κ2) is 11.2. The molecule has 2 N–H and O–H groups in total. The maximum atomic E-state index is 6.51. The van der Waals surface area contributed by atoms with Crippen LogP contribution in [0.25, 0.3) is 11.0 Å². The van der Waals surface area contributed by atoms with Crippen LogP contribution in [0.1, 0.15) is 13.8 Å². The fourth-order valence-electron chi connectivity index (χ4n) is 2.59. The van der Waals surface area contributed by atoms with Gasteiger partial charge in [0.05, 0.1) is 21.7 Å². The van der Waals surface area contributed by atoms with Crippen molar-refractivity contribution >= 4 is 77.3 Å². The molecule has 0 radical (unpaired) electrons. The highest BCUT2D eigenvalue weighted by atomic mass is 35.5. The van der Waals surface area contributed by atoms with Gasteiger partial charge in [0.2, 0.25) is 0 Å². The molecule has 27 heavy (non-hydrogen) atoms. The second-order valence-electron chi connectivity index (χ2n) is 7.10. The van der Waals surface area contributed by atoms with E-state index in [-0.39, 0.29) is 42.8 Å². The van der Waals surface area contributed by atoms with Gasteiger partial charge < -0.3 is 20.1 Å². The topological polar surface area (TPSA) is 47.2 Å². The molecule has 3 rings (SSSR count). The molecule has 1 aliphatic rings. The van der Waals surface area contributed by atoms with Crippen LogP contribution in [-0.4, -0.2) is 66.4 Å². The first-order valence-corrected chi connectivity index (χ1v) is 9.68. The Balaban J connectivity index is 0.00000225. The summed E-state index contributed by atoms with van der Waals surface area (Å²) in [6, 6.07) is 4.11. The molecule has 5 nitrogen and oxygen atoms in total. The molecule has 0 atom stereocenters. The van der Waals surface area contributed by atoms with E-state index in [9.17, 15) is 0 Å². The summed E-state index contributed by atoms with van der Waals surface area (Å²) < 4.78 is 0. The molecule has 0 saturated carbocycles. The Bertz CT molecular complexity index is 717. The lowest BCUT2D eigenvalue weighted by Gasteiger charge is -2.31. The first kappa shape index (κ1) is 26.9. The number of hydrogen-bond acceptors (Lipinski definition) is 5. The number of fused-ring (bicyclic) bond motifs is 1. The fraction of sp³-hybridized carbons (Fsp3) is 0.588. The Kier molecular flexibility index (Phi) is 11.2. The predicted molar refractivity (Wildman–Crippen MR) is 126 cm³/mol. The molecular weight excluding hydrogens is 448 g/mol. The molecule has 10 heteroatoms. The summed E-state index contributed by atoms with van der Waals surface area (Å²) in [5.74, 6) is 0.970. The van der Waals surface area contributed by atoms with Crippen molar-refractivity contribution in [3.8, 4) is 0 Å². The molecule has 0 aliphatic carbocycles. The largest absolute Gasteiger partial charge is 0.368 e. The summed E-state index contributed by atoms with van der Waals surface area (Å²) in [5, 5.41) is 5.10. The van der Waals surface area contributed by atoms with Crippen LogP contribution < -0.4 is 10.2 Å². The van der Waals surface area contributed by atoms with Crippen molar-refractivity contribution in [1.29, 1.82) is 0 Å². The number of hydrogen-bond donors (Lipinski definition) is 2. The van der Waals surface area contributed by atoms with Crippen molar-refractivity contribution in [2.75, 3.05) is 50.9 Å². The molecule has 1 aromatic heterocycles. The molecular formula is C17H29Cl4N5S. The summed E-state index contributed by atoms with van der Waals surface area (Å²) >= 11 is 8.26. The molecule has 0 amide bonds. The Labute approximate surface area is 189 Å². The molecule has 1 saturated heterocycles. The Morgan fingerprint density at radius 3 is 2.41 bits per heavy atom. The summed E-state index contributed by atoms with van der Waals surface area (Å²) in [4.78, 5) is 12.7. The van der Waals surface area contributed by atoms with Crippen LogP contribution in [0, 0.1) is 0 Å². The van der Waals surface area contributed by atoms with Crippen LogP contribution in [0.5, 0.6) is 0 Å². The minimum atomic E-state index is 0. The van der Waals surface area contributed by atoms with Gasteiger partial charge in [0.25, 0.3) is 0 Å². The van der Waals surface area contributed by atoms with E-state index in [1.54, 1.807) is 11.8 Å². The van der Waals surface area contributed by atoms with E-state index in [2.05, 4.69) is 54.1 Å². The lowest BCUT2D eigenvalue weighted by molar-refractivity contribution is 0.224. The smallest absolute Gasteiger partial charge is 0.166 e. The monoisotopic (exact) mass is 475 g/mol. The van der Waals surface area contributed by atoms with Crippen LogP contribution in [0.3, 0.4) is 0 Å². The number of piperazine rings is 1. The summed E-state index contributed by atoms with van der Waals surface area (Å²) in [7, 11) is 4.22. The van der Waals surface area contributed by atoms with Crippen molar-refractivity contribution in [1.82, 2.24) is 20.2 Å². The van der Waals surface area contributed by atoms with E-state index in [0.29, 0.717) is 0 Å². The highest BCUT2D eigenvalue weighted by Crippen LogP contribution is 2.32. The van der Waals surface area contributed by atoms with E-state index in [1.165, 1.54) is 0 Å². The van der Waals surface area contributed by atoms with Crippen molar-refractivity contribution < 1.29 is 0 Å². The normalized spacial score (nSPS) is 14.5. The second-order valence-corrected chi connectivity index (χ2v) is 8.47. The number of rotatable bonds is 5. The SMILES string of the molecule is CN(C)C(C)(C)CSc1nc2cc(Cl)c(N3CCNCC3)cc2[nH]1.Cl.Cl.Cl. The minimum absolute atomic E-state index is 0. The zero-order chi connectivity index (χ0) is 17.3. The van der Waals surface area contributed by atoms with Gasteiger partial charge in [-0.25, -0.2) is 4.98 Å². The van der Waals surface area contributed by atoms with Crippen LogP contribution in [-0.2, 0) is 0 Å². The molecule has 1 aromatic carbocycles. The average molecular weight is 477 g/mol. The van der Waals surface area contributed by atoms with E-state index >= 15 is 0 Å². The number of thioether (sulfide) groups is 1. The quantitative estimate of drug-likeness (QED) is 0.629. The van der Waals surface area contributed by atoms with Gasteiger partial charge in [-0.15, -0.1) is 37.2 Å². The third-order valence-electron chi connectivity index (χ3n) is 4.76. The third kappa shape index (κ3) is 6.46. The predicted octanol–water partition coefficient (Wildman–Crippen LogP) is 4.32. The molecule has 1 aliphatic heterocycles. The molecule has 156 valence electrons. The highest BCUT2D eigenvalue weighted by Gasteiger charge is 2.22. The van der Waals surface area contributed by atoms with Gasteiger partial charge in [0.15, 0.2) is 5.16 Å². The zero-order valence-electron chi connectivity index (χ0n) is 16.0. The molecule has 2 heterocycles. The van der Waals surface area contributed by atoms with Gasteiger partial charge in [0, 0.05) is 37.5 Å². The first-order chi connectivity index (χ1) is 11.4. The number of H-pyrrole nitrogens is 1. The zero-order valence-corrected chi connectivity index (χ0v) is 20.1. The number of benzene rings is 1. The lowest BCUT2D eigenvalue weighted by atomic mass is 10.1. The Hall–Kier alpha value is -0.0800. The van der Waals surface area contributed by atoms with Crippen molar-refractivity contribution in [2.45, 2.75) is 24.5 Å². The van der Waals surface area contributed by atoms with Crippen LogP contribution >= 0.6 is 60.6 Å². The maximum Gasteiger partial charge on any atom is 0.166 e. The van der Waals surface area contributed by atoms with Gasteiger partial charge >= 0.3 is 0 Å². The number of aromatic nitrogens is 2. The lowest BCUT2D eigenvalue weighted by Crippen LogP contribution is -2.43. The summed E-state index contributed by atoms with van der Waals surface area (Å²) in [6.45, 7) is 8.44. The summed E-state index contributed by atoms with van der Waals surface area (Å²) in [5.41, 5.74) is 3.20. The molecule has 0 bridgehead atoms. The van der Waals surface area contributed by atoms with Crippen molar-refractivity contribution in [2.24, 2.45) is 0 Å². The van der Waals surface area contributed by atoms with Gasteiger partial charge in [-0.1, -0.05) is 23.4 Å². The van der Waals surface area contributed by atoms with Crippen LogP contribution in [0.2, 0.25) is 5.02 Å². The molecule has 0 unspecified atom stereocenters. The molecule has 2 aromatic rings. The van der Waals surface area contributed by atoms with Crippen molar-refractivity contribution in [3.05, 3.63) is 17.2 Å².